The maximum Gasteiger partial charge on any atom is 0.151 e. The molecule has 1 aromatic carbocycles. The van der Waals surface area contributed by atoms with Crippen molar-refractivity contribution in [2.45, 2.75) is 19.4 Å². The Morgan fingerprint density at radius 1 is 1.47 bits per heavy atom. The molecule has 1 aromatic rings. The molecule has 1 aliphatic rings. The number of rotatable bonds is 5. The Bertz CT molecular complexity index is 545. The average molecular weight is 287 g/mol. The Kier molecular flexibility index (Phi) is 4.42. The third-order valence-corrected chi connectivity index (χ3v) is 4.95. The first-order valence-electron chi connectivity index (χ1n) is 6.29. The Morgan fingerprint density at radius 2 is 2.26 bits per heavy atom. The summed E-state index contributed by atoms with van der Waals surface area (Å²) in [5.41, 5.74) is 0.585. The predicted octanol–water partition coefficient (Wildman–Crippen LogP) is 1.29. The molecule has 1 aliphatic heterocycles. The van der Waals surface area contributed by atoms with Crippen LogP contribution in [0.5, 0.6) is 5.75 Å². The summed E-state index contributed by atoms with van der Waals surface area (Å²) in [6.07, 6.45) is 0.654. The molecule has 1 N–H and O–H groups in total. The van der Waals surface area contributed by atoms with Crippen molar-refractivity contribution in [3.8, 4) is 5.75 Å². The van der Waals surface area contributed by atoms with Crippen molar-refractivity contribution >= 4 is 9.84 Å². The van der Waals surface area contributed by atoms with E-state index in [9.17, 15) is 12.8 Å². The highest BCUT2D eigenvalue weighted by Crippen LogP contribution is 2.15. The third kappa shape index (κ3) is 4.18. The predicted molar refractivity (Wildman–Crippen MR) is 71.7 cm³/mol. The minimum absolute atomic E-state index is 0.0170. The van der Waals surface area contributed by atoms with Crippen LogP contribution in [0.1, 0.15) is 12.0 Å². The second kappa shape index (κ2) is 5.88. The first-order chi connectivity index (χ1) is 8.96. The summed E-state index contributed by atoms with van der Waals surface area (Å²) < 4.78 is 41.2. The molecule has 1 heterocycles. The molecule has 0 bridgehead atoms. The lowest BCUT2D eigenvalue weighted by atomic mass is 10.2. The van der Waals surface area contributed by atoms with Gasteiger partial charge in [-0.25, -0.2) is 12.8 Å². The van der Waals surface area contributed by atoms with Crippen LogP contribution in [0.25, 0.3) is 0 Å². The molecule has 0 amide bonds. The van der Waals surface area contributed by atoms with E-state index in [1.807, 2.05) is 0 Å². The van der Waals surface area contributed by atoms with Gasteiger partial charge in [-0.05, 0) is 25.0 Å². The average Bonchev–Trinajstić information content (AvgIpc) is 2.69. The molecule has 1 atom stereocenters. The largest absolute Gasteiger partial charge is 0.492 e. The highest BCUT2D eigenvalue weighted by molar-refractivity contribution is 7.91. The van der Waals surface area contributed by atoms with Crippen LogP contribution in [0.4, 0.5) is 4.39 Å². The van der Waals surface area contributed by atoms with E-state index in [2.05, 4.69) is 5.32 Å². The van der Waals surface area contributed by atoms with Gasteiger partial charge in [0.05, 0.1) is 11.5 Å². The fraction of sp³-hybridized carbons (Fsp3) is 0.538. The minimum Gasteiger partial charge on any atom is -0.492 e. The number of halogens is 1. The highest BCUT2D eigenvalue weighted by atomic mass is 32.2. The van der Waals surface area contributed by atoms with Crippen LogP contribution in [-0.4, -0.2) is 39.1 Å². The van der Waals surface area contributed by atoms with Crippen molar-refractivity contribution in [2.75, 3.05) is 24.7 Å². The molecule has 0 aliphatic carbocycles. The highest BCUT2D eigenvalue weighted by Gasteiger charge is 2.26. The van der Waals surface area contributed by atoms with Gasteiger partial charge in [0, 0.05) is 18.7 Å². The Labute approximate surface area is 112 Å². The van der Waals surface area contributed by atoms with Gasteiger partial charge in [-0.2, -0.15) is 0 Å². The maximum absolute atomic E-state index is 13.3. The van der Waals surface area contributed by atoms with E-state index in [1.54, 1.807) is 19.1 Å². The Hall–Kier alpha value is -1.14. The van der Waals surface area contributed by atoms with E-state index < -0.39 is 9.84 Å². The molecule has 1 saturated heterocycles. The summed E-state index contributed by atoms with van der Waals surface area (Å²) in [4.78, 5) is 0. The second-order valence-electron chi connectivity index (χ2n) is 4.81. The summed E-state index contributed by atoms with van der Waals surface area (Å²) in [6, 6.07) is 4.76. The number of sulfone groups is 1. The monoisotopic (exact) mass is 287 g/mol. The van der Waals surface area contributed by atoms with Crippen molar-refractivity contribution in [3.63, 3.8) is 0 Å². The molecule has 0 radical (unpaired) electrons. The molecule has 0 spiro atoms. The van der Waals surface area contributed by atoms with Gasteiger partial charge in [0.15, 0.2) is 9.84 Å². The molecule has 2 rings (SSSR count). The van der Waals surface area contributed by atoms with E-state index in [0.29, 0.717) is 30.9 Å². The molecule has 1 unspecified atom stereocenters. The van der Waals surface area contributed by atoms with E-state index in [4.69, 9.17) is 4.74 Å². The lowest BCUT2D eigenvalue weighted by Gasteiger charge is -2.11. The van der Waals surface area contributed by atoms with Crippen LogP contribution < -0.4 is 10.1 Å². The molecule has 1 fully saturated rings. The quantitative estimate of drug-likeness (QED) is 0.829. The van der Waals surface area contributed by atoms with Crippen LogP contribution >= 0.6 is 0 Å². The van der Waals surface area contributed by atoms with Crippen LogP contribution in [0.3, 0.4) is 0 Å². The van der Waals surface area contributed by atoms with E-state index in [1.165, 1.54) is 6.07 Å². The Morgan fingerprint density at radius 3 is 2.89 bits per heavy atom. The number of aryl methyl sites for hydroxylation is 1. The fourth-order valence-electron chi connectivity index (χ4n) is 2.05. The molecular formula is C13H18FNO3S. The van der Waals surface area contributed by atoms with Gasteiger partial charge < -0.3 is 10.1 Å². The number of hydrogen-bond donors (Lipinski definition) is 1. The maximum atomic E-state index is 13.3. The summed E-state index contributed by atoms with van der Waals surface area (Å²) in [5, 5.41) is 3.14. The van der Waals surface area contributed by atoms with Crippen LogP contribution in [0.2, 0.25) is 0 Å². The minimum atomic E-state index is -2.85. The SMILES string of the molecule is Cc1ccc(OCCNC2CCS(=O)(=O)C2)cc1F. The molecule has 0 saturated carbocycles. The van der Waals surface area contributed by atoms with Gasteiger partial charge in [-0.3, -0.25) is 0 Å². The molecule has 4 nitrogen and oxygen atoms in total. The van der Waals surface area contributed by atoms with Crippen LogP contribution in [0, 0.1) is 12.7 Å². The van der Waals surface area contributed by atoms with Gasteiger partial charge in [0.25, 0.3) is 0 Å². The van der Waals surface area contributed by atoms with E-state index in [-0.39, 0.29) is 23.4 Å². The summed E-state index contributed by atoms with van der Waals surface area (Å²) >= 11 is 0. The summed E-state index contributed by atoms with van der Waals surface area (Å²) in [5.74, 6) is 0.664. The van der Waals surface area contributed by atoms with Crippen molar-refractivity contribution in [1.82, 2.24) is 5.32 Å². The molecule has 6 heteroatoms. The summed E-state index contributed by atoms with van der Waals surface area (Å²) in [7, 11) is -2.85. The molecule has 106 valence electrons. The van der Waals surface area contributed by atoms with Crippen molar-refractivity contribution in [2.24, 2.45) is 0 Å². The summed E-state index contributed by atoms with van der Waals surface area (Å²) in [6.45, 7) is 2.63. The number of nitrogens with one attached hydrogen (secondary N) is 1. The molecule has 19 heavy (non-hydrogen) atoms. The first kappa shape index (κ1) is 14.3. The zero-order chi connectivity index (χ0) is 13.9. The van der Waals surface area contributed by atoms with Crippen molar-refractivity contribution in [1.29, 1.82) is 0 Å². The second-order valence-corrected chi connectivity index (χ2v) is 7.04. The van der Waals surface area contributed by atoms with Crippen LogP contribution in [-0.2, 0) is 9.84 Å². The Balaban J connectivity index is 1.71. The smallest absolute Gasteiger partial charge is 0.151 e. The van der Waals surface area contributed by atoms with E-state index >= 15 is 0 Å². The lowest BCUT2D eigenvalue weighted by molar-refractivity contribution is 0.306. The molecular weight excluding hydrogens is 269 g/mol. The van der Waals surface area contributed by atoms with Gasteiger partial charge in [0.1, 0.15) is 18.2 Å². The van der Waals surface area contributed by atoms with Gasteiger partial charge >= 0.3 is 0 Å². The van der Waals surface area contributed by atoms with Gasteiger partial charge in [-0.1, -0.05) is 6.07 Å². The third-order valence-electron chi connectivity index (χ3n) is 3.18. The van der Waals surface area contributed by atoms with Crippen molar-refractivity contribution < 1.29 is 17.5 Å². The van der Waals surface area contributed by atoms with Gasteiger partial charge in [0.2, 0.25) is 0 Å². The lowest BCUT2D eigenvalue weighted by Crippen LogP contribution is -2.33. The standard InChI is InChI=1S/C13H18FNO3S/c1-10-2-3-12(8-13(10)14)18-6-5-15-11-4-7-19(16,17)9-11/h2-3,8,11,15H,4-7,9H2,1H3. The topological polar surface area (TPSA) is 55.4 Å². The van der Waals surface area contributed by atoms with Crippen molar-refractivity contribution in [3.05, 3.63) is 29.6 Å². The number of ether oxygens (including phenoxy) is 1. The first-order valence-corrected chi connectivity index (χ1v) is 8.11. The van der Waals surface area contributed by atoms with E-state index in [0.717, 1.165) is 0 Å². The van der Waals surface area contributed by atoms with Gasteiger partial charge in [-0.15, -0.1) is 0 Å². The zero-order valence-corrected chi connectivity index (χ0v) is 11.7. The fourth-order valence-corrected chi connectivity index (χ4v) is 3.76. The van der Waals surface area contributed by atoms with Crippen LogP contribution in [0.15, 0.2) is 18.2 Å². The number of benzene rings is 1. The normalized spacial score (nSPS) is 21.5. The number of hydrogen-bond acceptors (Lipinski definition) is 4. The molecule has 0 aromatic heterocycles. The zero-order valence-electron chi connectivity index (χ0n) is 10.9.